The summed E-state index contributed by atoms with van der Waals surface area (Å²) < 4.78 is 1.31. The van der Waals surface area contributed by atoms with Crippen LogP contribution in [0.1, 0.15) is 19.3 Å². The summed E-state index contributed by atoms with van der Waals surface area (Å²) >= 11 is 0. The molecule has 7 nitrogen and oxygen atoms in total. The van der Waals surface area contributed by atoms with Crippen LogP contribution in [0, 0.1) is 5.41 Å². The molecular formula is C14H18N4O3. The van der Waals surface area contributed by atoms with Crippen molar-refractivity contribution in [2.75, 3.05) is 19.6 Å². The number of amides is 2. The quantitative estimate of drug-likeness (QED) is 0.786. The van der Waals surface area contributed by atoms with Crippen LogP contribution in [0.4, 0.5) is 0 Å². The van der Waals surface area contributed by atoms with Gasteiger partial charge in [0.15, 0.2) is 0 Å². The molecule has 1 spiro atoms. The van der Waals surface area contributed by atoms with Crippen LogP contribution in [0.25, 0.3) is 0 Å². The third kappa shape index (κ3) is 2.81. The summed E-state index contributed by atoms with van der Waals surface area (Å²) in [6, 6.07) is 1.63. The molecule has 0 aromatic carbocycles. The van der Waals surface area contributed by atoms with Crippen molar-refractivity contribution in [3.63, 3.8) is 0 Å². The lowest BCUT2D eigenvalue weighted by atomic mass is 9.77. The number of hydrogen-bond acceptors (Lipinski definition) is 4. The molecule has 0 aliphatic carbocycles. The van der Waals surface area contributed by atoms with Crippen LogP contribution in [0.15, 0.2) is 23.3 Å². The molecule has 3 rings (SSSR count). The fourth-order valence-electron chi connectivity index (χ4n) is 3.09. The van der Waals surface area contributed by atoms with Crippen molar-refractivity contribution in [2.24, 2.45) is 5.41 Å². The van der Waals surface area contributed by atoms with Gasteiger partial charge in [0.1, 0.15) is 6.54 Å². The van der Waals surface area contributed by atoms with Gasteiger partial charge < -0.3 is 10.2 Å². The number of nitrogens with one attached hydrogen (secondary N) is 1. The smallest absolute Gasteiger partial charge is 0.347 e. The molecule has 2 fully saturated rings. The summed E-state index contributed by atoms with van der Waals surface area (Å²) in [6.07, 6.45) is 5.21. The first kappa shape index (κ1) is 13.8. The second-order valence-corrected chi connectivity index (χ2v) is 5.86. The van der Waals surface area contributed by atoms with Crippen molar-refractivity contribution < 1.29 is 9.59 Å². The maximum atomic E-state index is 12.2. The van der Waals surface area contributed by atoms with Crippen LogP contribution in [0.5, 0.6) is 0 Å². The molecule has 0 saturated carbocycles. The van der Waals surface area contributed by atoms with E-state index < -0.39 is 5.69 Å². The second kappa shape index (κ2) is 5.31. The second-order valence-electron chi connectivity index (χ2n) is 5.86. The molecule has 1 aromatic rings. The Morgan fingerprint density at radius 2 is 2.10 bits per heavy atom. The highest BCUT2D eigenvalue weighted by atomic mass is 16.2. The third-order valence-corrected chi connectivity index (χ3v) is 4.46. The van der Waals surface area contributed by atoms with Gasteiger partial charge in [-0.1, -0.05) is 0 Å². The lowest BCUT2D eigenvalue weighted by Crippen LogP contribution is -2.45. The monoisotopic (exact) mass is 290 g/mol. The van der Waals surface area contributed by atoms with Crippen molar-refractivity contribution >= 4 is 11.8 Å². The molecule has 1 aromatic heterocycles. The first-order valence-electron chi connectivity index (χ1n) is 7.14. The molecule has 3 heterocycles. The summed E-state index contributed by atoms with van der Waals surface area (Å²) in [5, 5.41) is 2.88. The zero-order valence-electron chi connectivity index (χ0n) is 11.7. The largest absolute Gasteiger partial charge is 0.356 e. The molecular weight excluding hydrogens is 272 g/mol. The highest BCUT2D eigenvalue weighted by Gasteiger charge is 2.41. The minimum Gasteiger partial charge on any atom is -0.356 e. The average Bonchev–Trinajstić information content (AvgIpc) is 2.83. The van der Waals surface area contributed by atoms with Crippen molar-refractivity contribution in [2.45, 2.75) is 25.8 Å². The number of nitrogens with zero attached hydrogens (tertiary/aromatic N) is 3. The van der Waals surface area contributed by atoms with E-state index in [2.05, 4.69) is 10.3 Å². The fourth-order valence-corrected chi connectivity index (χ4v) is 3.09. The fraction of sp³-hybridized carbons (Fsp3) is 0.571. The van der Waals surface area contributed by atoms with Crippen molar-refractivity contribution in [1.29, 1.82) is 0 Å². The van der Waals surface area contributed by atoms with E-state index in [-0.39, 0.29) is 23.8 Å². The van der Waals surface area contributed by atoms with Crippen LogP contribution in [-0.2, 0) is 16.1 Å². The Balaban J connectivity index is 1.59. The molecule has 7 heteroatoms. The zero-order valence-corrected chi connectivity index (χ0v) is 11.7. The molecule has 0 radical (unpaired) electrons. The van der Waals surface area contributed by atoms with Crippen molar-refractivity contribution in [3.05, 3.63) is 28.9 Å². The minimum absolute atomic E-state index is 0.0247. The normalized spacial score (nSPS) is 20.6. The first-order chi connectivity index (χ1) is 10.1. The Bertz CT molecular complexity index is 617. The number of aromatic nitrogens is 2. The predicted molar refractivity (Wildman–Crippen MR) is 74.4 cm³/mol. The average molecular weight is 290 g/mol. The van der Waals surface area contributed by atoms with Crippen molar-refractivity contribution in [3.8, 4) is 0 Å². The van der Waals surface area contributed by atoms with Crippen LogP contribution in [-0.4, -0.2) is 45.9 Å². The van der Waals surface area contributed by atoms with Crippen LogP contribution in [0.2, 0.25) is 0 Å². The van der Waals surface area contributed by atoms with Crippen molar-refractivity contribution in [1.82, 2.24) is 19.8 Å². The van der Waals surface area contributed by atoms with Crippen LogP contribution in [0.3, 0.4) is 0 Å². The van der Waals surface area contributed by atoms with Gasteiger partial charge in [-0.25, -0.2) is 9.78 Å². The Morgan fingerprint density at radius 3 is 2.71 bits per heavy atom. The van der Waals surface area contributed by atoms with Crippen LogP contribution >= 0.6 is 0 Å². The van der Waals surface area contributed by atoms with E-state index in [1.54, 1.807) is 17.2 Å². The van der Waals surface area contributed by atoms with E-state index in [0.29, 0.717) is 19.5 Å². The van der Waals surface area contributed by atoms with Gasteiger partial charge in [0.25, 0.3) is 0 Å². The Labute approximate surface area is 122 Å². The van der Waals surface area contributed by atoms with E-state index in [1.807, 2.05) is 0 Å². The first-order valence-corrected chi connectivity index (χ1v) is 7.14. The summed E-state index contributed by atoms with van der Waals surface area (Å²) in [5.74, 6) is 0.0360. The molecule has 2 aliphatic heterocycles. The molecule has 0 bridgehead atoms. The Morgan fingerprint density at radius 1 is 1.33 bits per heavy atom. The van der Waals surface area contributed by atoms with Gasteiger partial charge in [-0.05, 0) is 24.3 Å². The Hall–Kier alpha value is -2.18. The Kier molecular flexibility index (Phi) is 3.48. The van der Waals surface area contributed by atoms with Gasteiger partial charge in [-0.15, -0.1) is 0 Å². The van der Waals surface area contributed by atoms with E-state index in [0.717, 1.165) is 19.4 Å². The van der Waals surface area contributed by atoms with Gasteiger partial charge in [-0.3, -0.25) is 14.2 Å². The summed E-state index contributed by atoms with van der Waals surface area (Å²) in [6.45, 7) is 2.03. The number of rotatable bonds is 2. The standard InChI is InChI=1S/C14H18N4O3/c19-11-8-14(10-16-11)2-6-17(7-3-14)12(20)9-18-5-1-4-15-13(18)21/h1,4-5H,2-3,6-10H2,(H,16,19). The lowest BCUT2D eigenvalue weighted by molar-refractivity contribution is -0.134. The van der Waals surface area contributed by atoms with Gasteiger partial charge in [-0.2, -0.15) is 0 Å². The van der Waals surface area contributed by atoms with Gasteiger partial charge >= 0.3 is 5.69 Å². The number of likely N-dealkylation sites (tertiary alicyclic amines) is 1. The van der Waals surface area contributed by atoms with E-state index >= 15 is 0 Å². The highest BCUT2D eigenvalue weighted by Crippen LogP contribution is 2.37. The van der Waals surface area contributed by atoms with Gasteiger partial charge in [0, 0.05) is 38.4 Å². The highest BCUT2D eigenvalue weighted by molar-refractivity contribution is 5.79. The number of carbonyl (C=O) groups is 2. The molecule has 0 atom stereocenters. The lowest BCUT2D eigenvalue weighted by Gasteiger charge is -2.38. The summed E-state index contributed by atoms with van der Waals surface area (Å²) in [5.41, 5.74) is -0.385. The van der Waals surface area contributed by atoms with Gasteiger partial charge in [0.05, 0.1) is 0 Å². The molecule has 112 valence electrons. The van der Waals surface area contributed by atoms with E-state index in [1.165, 1.54) is 10.8 Å². The molecule has 2 saturated heterocycles. The zero-order chi connectivity index (χ0) is 14.9. The predicted octanol–water partition coefficient (Wildman–Crippen LogP) is -0.628. The SMILES string of the molecule is O=C1CC2(CCN(C(=O)Cn3cccnc3=O)CC2)CN1. The summed E-state index contributed by atoms with van der Waals surface area (Å²) in [4.78, 5) is 40.5. The molecule has 2 aliphatic rings. The maximum absolute atomic E-state index is 12.2. The topological polar surface area (TPSA) is 84.3 Å². The van der Waals surface area contributed by atoms with E-state index in [9.17, 15) is 14.4 Å². The van der Waals surface area contributed by atoms with Gasteiger partial charge in [0.2, 0.25) is 11.8 Å². The molecule has 1 N–H and O–H groups in total. The maximum Gasteiger partial charge on any atom is 0.347 e. The molecule has 0 unspecified atom stereocenters. The summed E-state index contributed by atoms with van der Waals surface area (Å²) in [7, 11) is 0. The third-order valence-electron chi connectivity index (χ3n) is 4.46. The minimum atomic E-state index is -0.412. The number of piperidine rings is 1. The number of carbonyl (C=O) groups excluding carboxylic acids is 2. The van der Waals surface area contributed by atoms with E-state index in [4.69, 9.17) is 0 Å². The molecule has 2 amide bonds. The molecule has 21 heavy (non-hydrogen) atoms. The van der Waals surface area contributed by atoms with Crippen LogP contribution < -0.4 is 11.0 Å². The number of hydrogen-bond donors (Lipinski definition) is 1.